The van der Waals surface area contributed by atoms with Crippen LogP contribution in [0.5, 0.6) is 0 Å². The number of hydrogen-bond donors (Lipinski definition) is 2. The molecule has 2 bridgehead atoms. The van der Waals surface area contributed by atoms with Crippen molar-refractivity contribution in [1.29, 1.82) is 0 Å². The van der Waals surface area contributed by atoms with Gasteiger partial charge >= 0.3 is 12.0 Å². The smallest absolute Gasteiger partial charge is 0.318 e. The number of carboxylic acid groups (broad SMARTS) is 1. The minimum Gasteiger partial charge on any atom is -0.481 e. The number of fused-ring (bicyclic) bond motifs is 2. The number of nitrogens with one attached hydrogen (secondary N) is 1. The topological polar surface area (TPSA) is 69.6 Å². The average molecular weight is 268 g/mol. The van der Waals surface area contributed by atoms with Crippen molar-refractivity contribution in [3.05, 3.63) is 0 Å². The molecule has 4 atom stereocenters. The third-order valence-corrected chi connectivity index (χ3v) is 4.55. The van der Waals surface area contributed by atoms with Gasteiger partial charge < -0.3 is 15.3 Å². The maximum atomic E-state index is 12.3. The third-order valence-electron chi connectivity index (χ3n) is 4.55. The molecule has 0 aromatic rings. The van der Waals surface area contributed by atoms with E-state index in [2.05, 4.69) is 19.2 Å². The zero-order valence-electron chi connectivity index (χ0n) is 11.8. The van der Waals surface area contributed by atoms with Gasteiger partial charge in [-0.2, -0.15) is 0 Å². The normalized spacial score (nSPS) is 30.4. The van der Waals surface area contributed by atoms with Crippen molar-refractivity contribution in [2.45, 2.75) is 70.5 Å². The molecule has 2 amide bonds. The maximum Gasteiger partial charge on any atom is 0.318 e. The van der Waals surface area contributed by atoms with E-state index in [9.17, 15) is 14.7 Å². The monoisotopic (exact) mass is 268 g/mol. The molecular weight excluding hydrogens is 244 g/mol. The van der Waals surface area contributed by atoms with Gasteiger partial charge in [0, 0.05) is 18.1 Å². The Labute approximate surface area is 114 Å². The van der Waals surface area contributed by atoms with Gasteiger partial charge in [0.25, 0.3) is 0 Å². The molecule has 0 spiro atoms. The van der Waals surface area contributed by atoms with Gasteiger partial charge in [-0.3, -0.25) is 4.79 Å². The van der Waals surface area contributed by atoms with Crippen LogP contribution < -0.4 is 5.32 Å². The first-order valence-electron chi connectivity index (χ1n) is 7.40. The van der Waals surface area contributed by atoms with Crippen LogP contribution in [0.15, 0.2) is 0 Å². The molecule has 2 rings (SSSR count). The molecule has 0 aliphatic carbocycles. The number of hydrogen-bond acceptors (Lipinski definition) is 2. The molecule has 2 heterocycles. The first-order valence-corrected chi connectivity index (χ1v) is 7.40. The quantitative estimate of drug-likeness (QED) is 0.803. The van der Waals surface area contributed by atoms with Crippen LogP contribution in [0.2, 0.25) is 0 Å². The Morgan fingerprint density at radius 3 is 2.63 bits per heavy atom. The fourth-order valence-electron chi connectivity index (χ4n) is 3.55. The number of carbonyl (C=O) groups is 2. The van der Waals surface area contributed by atoms with Crippen LogP contribution >= 0.6 is 0 Å². The summed E-state index contributed by atoms with van der Waals surface area (Å²) in [6, 6.07) is 0.184. The van der Waals surface area contributed by atoms with E-state index >= 15 is 0 Å². The van der Waals surface area contributed by atoms with E-state index in [1.54, 1.807) is 4.90 Å². The van der Waals surface area contributed by atoms with Crippen LogP contribution in [-0.2, 0) is 4.79 Å². The first-order chi connectivity index (χ1) is 9.08. The van der Waals surface area contributed by atoms with Crippen LogP contribution in [0, 0.1) is 5.92 Å². The molecule has 0 radical (unpaired) electrons. The molecule has 0 aromatic carbocycles. The predicted octanol–water partition coefficient (Wildman–Crippen LogP) is 2.21. The van der Waals surface area contributed by atoms with Crippen LogP contribution in [-0.4, -0.2) is 40.1 Å². The summed E-state index contributed by atoms with van der Waals surface area (Å²) in [5.41, 5.74) is 0. The molecule has 0 aromatic heterocycles. The second kappa shape index (κ2) is 5.80. The second-order valence-electron chi connectivity index (χ2n) is 5.73. The van der Waals surface area contributed by atoms with Gasteiger partial charge in [-0.05, 0) is 32.1 Å². The van der Waals surface area contributed by atoms with Crippen molar-refractivity contribution in [2.24, 2.45) is 5.92 Å². The van der Waals surface area contributed by atoms with Gasteiger partial charge in [0.15, 0.2) is 0 Å². The lowest BCUT2D eigenvalue weighted by Crippen LogP contribution is -2.47. The van der Waals surface area contributed by atoms with Crippen molar-refractivity contribution in [3.8, 4) is 0 Å². The Hall–Kier alpha value is -1.26. The van der Waals surface area contributed by atoms with Crippen LogP contribution in [0.4, 0.5) is 4.79 Å². The lowest BCUT2D eigenvalue weighted by atomic mass is 9.89. The average Bonchev–Trinajstić information content (AvgIpc) is 2.95. The molecule has 2 aliphatic heterocycles. The minimum absolute atomic E-state index is 0.0587. The highest BCUT2D eigenvalue weighted by molar-refractivity contribution is 5.79. The molecule has 19 heavy (non-hydrogen) atoms. The van der Waals surface area contributed by atoms with Gasteiger partial charge in [0.1, 0.15) is 0 Å². The SMILES string of the molecule is CCCC(CC)NC(=O)N1C2CCC1C(C(=O)O)C2. The zero-order chi connectivity index (χ0) is 14.0. The van der Waals surface area contributed by atoms with E-state index in [0.29, 0.717) is 6.42 Å². The van der Waals surface area contributed by atoms with Crippen LogP contribution in [0.1, 0.15) is 52.4 Å². The summed E-state index contributed by atoms with van der Waals surface area (Å²) in [7, 11) is 0. The molecule has 5 heteroatoms. The van der Waals surface area contributed by atoms with Gasteiger partial charge in [-0.15, -0.1) is 0 Å². The Kier molecular flexibility index (Phi) is 4.32. The van der Waals surface area contributed by atoms with Crippen molar-refractivity contribution in [2.75, 3.05) is 0 Å². The number of rotatable bonds is 5. The highest BCUT2D eigenvalue weighted by atomic mass is 16.4. The Balaban J connectivity index is 1.98. The number of amides is 2. The van der Waals surface area contributed by atoms with Crippen molar-refractivity contribution < 1.29 is 14.7 Å². The van der Waals surface area contributed by atoms with Gasteiger partial charge in [-0.1, -0.05) is 20.3 Å². The standard InChI is InChI=1S/C14H24N2O3/c1-3-5-9(4-2)15-14(19)16-10-6-7-12(16)11(8-10)13(17)18/h9-12H,3-8H2,1-2H3,(H,15,19)(H,17,18). The van der Waals surface area contributed by atoms with E-state index in [-0.39, 0.29) is 30.1 Å². The number of urea groups is 1. The van der Waals surface area contributed by atoms with Crippen molar-refractivity contribution in [3.63, 3.8) is 0 Å². The van der Waals surface area contributed by atoms with E-state index in [1.165, 1.54) is 0 Å². The third kappa shape index (κ3) is 2.69. The minimum atomic E-state index is -0.759. The Morgan fingerprint density at radius 2 is 2.11 bits per heavy atom. The second-order valence-corrected chi connectivity index (χ2v) is 5.73. The van der Waals surface area contributed by atoms with Gasteiger partial charge in [-0.25, -0.2) is 4.79 Å². The summed E-state index contributed by atoms with van der Waals surface area (Å²) in [5.74, 6) is -1.12. The van der Waals surface area contributed by atoms with Crippen LogP contribution in [0.25, 0.3) is 0 Å². The Morgan fingerprint density at radius 1 is 1.37 bits per heavy atom. The number of carboxylic acids is 1. The fourth-order valence-corrected chi connectivity index (χ4v) is 3.55. The highest BCUT2D eigenvalue weighted by Gasteiger charge is 2.51. The molecule has 2 N–H and O–H groups in total. The number of carbonyl (C=O) groups excluding carboxylic acids is 1. The molecule has 2 saturated heterocycles. The van der Waals surface area contributed by atoms with Crippen molar-refractivity contribution in [1.82, 2.24) is 10.2 Å². The molecular formula is C14H24N2O3. The molecule has 5 nitrogen and oxygen atoms in total. The molecule has 108 valence electrons. The number of nitrogens with zero attached hydrogens (tertiary/aromatic N) is 1. The lowest BCUT2D eigenvalue weighted by Gasteiger charge is -2.26. The summed E-state index contributed by atoms with van der Waals surface area (Å²) in [4.78, 5) is 25.3. The summed E-state index contributed by atoms with van der Waals surface area (Å²) >= 11 is 0. The summed E-state index contributed by atoms with van der Waals surface area (Å²) in [6.07, 6.45) is 5.35. The summed E-state index contributed by atoms with van der Waals surface area (Å²) in [6.45, 7) is 4.17. The molecule has 2 aliphatic rings. The number of aliphatic carboxylic acids is 1. The van der Waals surface area contributed by atoms with Gasteiger partial charge in [0.2, 0.25) is 0 Å². The zero-order valence-corrected chi connectivity index (χ0v) is 11.8. The summed E-state index contributed by atoms with van der Waals surface area (Å²) < 4.78 is 0. The van der Waals surface area contributed by atoms with Crippen molar-refractivity contribution >= 4 is 12.0 Å². The van der Waals surface area contributed by atoms with E-state index < -0.39 is 5.97 Å². The fraction of sp³-hybridized carbons (Fsp3) is 0.857. The lowest BCUT2D eigenvalue weighted by molar-refractivity contribution is -0.142. The summed E-state index contributed by atoms with van der Waals surface area (Å²) in [5, 5.41) is 12.3. The van der Waals surface area contributed by atoms with E-state index in [0.717, 1.165) is 32.1 Å². The maximum absolute atomic E-state index is 12.3. The highest BCUT2D eigenvalue weighted by Crippen LogP contribution is 2.41. The predicted molar refractivity (Wildman–Crippen MR) is 71.9 cm³/mol. The van der Waals surface area contributed by atoms with Crippen LogP contribution in [0.3, 0.4) is 0 Å². The largest absolute Gasteiger partial charge is 0.481 e. The van der Waals surface area contributed by atoms with E-state index in [1.807, 2.05) is 0 Å². The first kappa shape index (κ1) is 14.2. The molecule has 4 unspecified atom stereocenters. The molecule has 0 saturated carbocycles. The van der Waals surface area contributed by atoms with E-state index in [4.69, 9.17) is 0 Å². The van der Waals surface area contributed by atoms with Gasteiger partial charge in [0.05, 0.1) is 5.92 Å². The Bertz CT molecular complexity index is 359. The molecule has 2 fully saturated rings.